The lowest BCUT2D eigenvalue weighted by molar-refractivity contribution is -0.122. The number of sulfone groups is 1. The highest BCUT2D eigenvalue weighted by Crippen LogP contribution is 2.21. The molecule has 0 saturated carbocycles. The van der Waals surface area contributed by atoms with Crippen LogP contribution in [0.25, 0.3) is 5.65 Å². The van der Waals surface area contributed by atoms with Crippen molar-refractivity contribution in [3.05, 3.63) is 36.3 Å². The number of rotatable bonds is 4. The molecule has 0 radical (unpaired) electrons. The van der Waals surface area contributed by atoms with Crippen molar-refractivity contribution in [3.63, 3.8) is 0 Å². The average molecular weight is 307 g/mol. The average Bonchev–Trinajstić information content (AvgIpc) is 2.99. The number of hydrogen-bond acceptors (Lipinski definition) is 4. The minimum atomic E-state index is -2.92. The number of nitrogens with zero attached hydrogens (tertiary/aromatic N) is 2. The van der Waals surface area contributed by atoms with Crippen molar-refractivity contribution in [2.45, 2.75) is 19.4 Å². The summed E-state index contributed by atoms with van der Waals surface area (Å²) in [5.74, 6) is 0.178. The summed E-state index contributed by atoms with van der Waals surface area (Å²) in [4.78, 5) is 16.2. The zero-order chi connectivity index (χ0) is 14.9. The SMILES string of the molecule is O=C(C[C@@H]1CCS(=O)(=O)C1)NCc1cn2ccccc2n1. The first kappa shape index (κ1) is 14.1. The molecule has 7 heteroatoms. The van der Waals surface area contributed by atoms with Crippen LogP contribution in [0.15, 0.2) is 30.6 Å². The molecule has 6 nitrogen and oxygen atoms in total. The van der Waals surface area contributed by atoms with Gasteiger partial charge in [0.05, 0.1) is 23.7 Å². The van der Waals surface area contributed by atoms with Crippen molar-refractivity contribution in [1.82, 2.24) is 14.7 Å². The summed E-state index contributed by atoms with van der Waals surface area (Å²) in [5.41, 5.74) is 1.62. The smallest absolute Gasteiger partial charge is 0.220 e. The molecule has 2 aromatic heterocycles. The van der Waals surface area contributed by atoms with E-state index in [1.165, 1.54) is 0 Å². The fourth-order valence-corrected chi connectivity index (χ4v) is 4.49. The van der Waals surface area contributed by atoms with E-state index in [9.17, 15) is 13.2 Å². The third-order valence-electron chi connectivity index (χ3n) is 3.68. The van der Waals surface area contributed by atoms with Gasteiger partial charge in [-0.25, -0.2) is 13.4 Å². The van der Waals surface area contributed by atoms with Crippen LogP contribution in [0.3, 0.4) is 0 Å². The van der Waals surface area contributed by atoms with E-state index >= 15 is 0 Å². The highest BCUT2D eigenvalue weighted by Gasteiger charge is 2.29. The molecular weight excluding hydrogens is 290 g/mol. The molecular formula is C14H17N3O3S. The third kappa shape index (κ3) is 3.41. The number of carbonyl (C=O) groups is 1. The van der Waals surface area contributed by atoms with Gasteiger partial charge < -0.3 is 9.72 Å². The molecule has 1 saturated heterocycles. The number of amides is 1. The number of pyridine rings is 1. The molecule has 112 valence electrons. The Kier molecular flexibility index (Phi) is 3.67. The molecule has 0 aliphatic carbocycles. The molecule has 0 unspecified atom stereocenters. The third-order valence-corrected chi connectivity index (χ3v) is 5.52. The standard InChI is InChI=1S/C14H17N3O3S/c18-14(7-11-4-6-21(19,20)10-11)15-8-12-9-17-5-2-1-3-13(17)16-12/h1-3,5,9,11H,4,6-8,10H2,(H,15,18)/t11-/m0/s1. The van der Waals surface area contributed by atoms with Crippen LogP contribution >= 0.6 is 0 Å². The molecule has 1 N–H and O–H groups in total. The molecule has 3 heterocycles. The Bertz CT molecular complexity index is 734. The maximum atomic E-state index is 11.9. The van der Waals surface area contributed by atoms with E-state index in [1.54, 1.807) is 0 Å². The van der Waals surface area contributed by atoms with E-state index in [0.717, 1.165) is 11.3 Å². The summed E-state index contributed by atoms with van der Waals surface area (Å²) in [6.45, 7) is 0.361. The minimum Gasteiger partial charge on any atom is -0.350 e. The normalized spacial score (nSPS) is 20.7. The number of nitrogens with one attached hydrogen (secondary N) is 1. The van der Waals surface area contributed by atoms with Crippen LogP contribution in [0.5, 0.6) is 0 Å². The second-order valence-electron chi connectivity index (χ2n) is 5.45. The number of hydrogen-bond donors (Lipinski definition) is 1. The summed E-state index contributed by atoms with van der Waals surface area (Å²) in [6, 6.07) is 5.72. The second kappa shape index (κ2) is 5.48. The fourth-order valence-electron chi connectivity index (χ4n) is 2.63. The highest BCUT2D eigenvalue weighted by molar-refractivity contribution is 7.91. The molecule has 3 rings (SSSR count). The lowest BCUT2D eigenvalue weighted by Crippen LogP contribution is -2.25. The molecule has 0 aromatic carbocycles. The van der Waals surface area contributed by atoms with Crippen LogP contribution in [0.2, 0.25) is 0 Å². The molecule has 1 atom stereocenters. The van der Waals surface area contributed by atoms with Crippen molar-refractivity contribution < 1.29 is 13.2 Å². The Labute approximate surface area is 123 Å². The number of carbonyl (C=O) groups excluding carboxylic acids is 1. The van der Waals surface area contributed by atoms with Gasteiger partial charge in [-0.1, -0.05) is 6.07 Å². The van der Waals surface area contributed by atoms with Crippen LogP contribution in [-0.4, -0.2) is 35.2 Å². The predicted octanol–water partition coefficient (Wildman–Crippen LogP) is 0.775. The van der Waals surface area contributed by atoms with Crippen LogP contribution in [0.4, 0.5) is 0 Å². The maximum absolute atomic E-state index is 11.9. The summed E-state index contributed by atoms with van der Waals surface area (Å²) in [7, 11) is -2.92. The van der Waals surface area contributed by atoms with Gasteiger partial charge in [0.25, 0.3) is 0 Å². The Morgan fingerprint density at radius 1 is 1.43 bits per heavy atom. The molecule has 0 bridgehead atoms. The van der Waals surface area contributed by atoms with E-state index in [0.29, 0.717) is 13.0 Å². The zero-order valence-electron chi connectivity index (χ0n) is 11.5. The quantitative estimate of drug-likeness (QED) is 0.905. The van der Waals surface area contributed by atoms with Crippen molar-refractivity contribution in [1.29, 1.82) is 0 Å². The first-order valence-electron chi connectivity index (χ1n) is 6.91. The first-order valence-corrected chi connectivity index (χ1v) is 8.74. The maximum Gasteiger partial charge on any atom is 0.220 e. The Hall–Kier alpha value is -1.89. The topological polar surface area (TPSA) is 80.5 Å². The van der Waals surface area contributed by atoms with E-state index in [2.05, 4.69) is 10.3 Å². The largest absolute Gasteiger partial charge is 0.350 e. The summed E-state index contributed by atoms with van der Waals surface area (Å²) >= 11 is 0. The first-order chi connectivity index (χ1) is 10.0. The summed E-state index contributed by atoms with van der Waals surface area (Å²) in [5, 5.41) is 2.80. The number of imidazole rings is 1. The van der Waals surface area contributed by atoms with Crippen molar-refractivity contribution in [3.8, 4) is 0 Å². The minimum absolute atomic E-state index is 0.0453. The molecule has 2 aromatic rings. The zero-order valence-corrected chi connectivity index (χ0v) is 12.3. The van der Waals surface area contributed by atoms with E-state index in [-0.39, 0.29) is 29.8 Å². The Morgan fingerprint density at radius 2 is 2.29 bits per heavy atom. The van der Waals surface area contributed by atoms with Gasteiger partial charge >= 0.3 is 0 Å². The van der Waals surface area contributed by atoms with Gasteiger partial charge in [0.1, 0.15) is 5.65 Å². The fraction of sp³-hybridized carbons (Fsp3) is 0.429. The van der Waals surface area contributed by atoms with Gasteiger partial charge in [0, 0.05) is 18.8 Å². The van der Waals surface area contributed by atoms with Crippen LogP contribution < -0.4 is 5.32 Å². The molecule has 1 aliphatic rings. The Balaban J connectivity index is 1.54. The second-order valence-corrected chi connectivity index (χ2v) is 7.68. The molecule has 0 spiro atoms. The van der Waals surface area contributed by atoms with Gasteiger partial charge in [-0.3, -0.25) is 4.79 Å². The predicted molar refractivity (Wildman–Crippen MR) is 78.4 cm³/mol. The van der Waals surface area contributed by atoms with Crippen molar-refractivity contribution in [2.24, 2.45) is 5.92 Å². The van der Waals surface area contributed by atoms with Gasteiger partial charge in [0.15, 0.2) is 9.84 Å². The van der Waals surface area contributed by atoms with Gasteiger partial charge in [-0.2, -0.15) is 0 Å². The number of fused-ring (bicyclic) bond motifs is 1. The molecule has 1 fully saturated rings. The highest BCUT2D eigenvalue weighted by atomic mass is 32.2. The van der Waals surface area contributed by atoms with E-state index in [4.69, 9.17) is 0 Å². The van der Waals surface area contributed by atoms with Crippen LogP contribution in [0.1, 0.15) is 18.5 Å². The van der Waals surface area contributed by atoms with E-state index < -0.39 is 9.84 Å². The lowest BCUT2D eigenvalue weighted by atomic mass is 10.1. The molecule has 1 aliphatic heterocycles. The molecule has 21 heavy (non-hydrogen) atoms. The van der Waals surface area contributed by atoms with Gasteiger partial charge in [-0.15, -0.1) is 0 Å². The van der Waals surface area contributed by atoms with Gasteiger partial charge in [-0.05, 0) is 24.5 Å². The van der Waals surface area contributed by atoms with E-state index in [1.807, 2.05) is 35.0 Å². The Morgan fingerprint density at radius 3 is 3.00 bits per heavy atom. The monoisotopic (exact) mass is 307 g/mol. The molecule has 1 amide bonds. The van der Waals surface area contributed by atoms with Crippen molar-refractivity contribution >= 4 is 21.4 Å². The van der Waals surface area contributed by atoms with Gasteiger partial charge in [0.2, 0.25) is 5.91 Å². The van der Waals surface area contributed by atoms with Crippen LogP contribution in [0, 0.1) is 5.92 Å². The lowest BCUT2D eigenvalue weighted by Gasteiger charge is -2.07. The van der Waals surface area contributed by atoms with Crippen LogP contribution in [-0.2, 0) is 21.2 Å². The summed E-state index contributed by atoms with van der Waals surface area (Å²) in [6.07, 6.45) is 4.63. The van der Waals surface area contributed by atoms with Crippen molar-refractivity contribution in [2.75, 3.05) is 11.5 Å². The summed E-state index contributed by atoms with van der Waals surface area (Å²) < 4.78 is 24.6. The number of aromatic nitrogens is 2.